The van der Waals surface area contributed by atoms with Crippen molar-refractivity contribution in [3.63, 3.8) is 0 Å². The molecule has 0 aliphatic carbocycles. The van der Waals surface area contributed by atoms with Crippen molar-refractivity contribution in [3.05, 3.63) is 15.5 Å². The zero-order valence-electron chi connectivity index (χ0n) is 9.16. The van der Waals surface area contributed by atoms with Gasteiger partial charge in [-0.25, -0.2) is 4.98 Å². The quantitative estimate of drug-likeness (QED) is 0.878. The maximum atomic E-state index is 5.87. The number of halogens is 1. The van der Waals surface area contributed by atoms with E-state index in [1.54, 1.807) is 11.3 Å². The van der Waals surface area contributed by atoms with Gasteiger partial charge >= 0.3 is 0 Å². The van der Waals surface area contributed by atoms with Crippen molar-refractivity contribution in [3.8, 4) is 0 Å². The lowest BCUT2D eigenvalue weighted by atomic mass is 9.92. The Kier molecular flexibility index (Phi) is 3.16. The third kappa shape index (κ3) is 2.12. The molecule has 0 amide bonds. The summed E-state index contributed by atoms with van der Waals surface area (Å²) in [5, 5.41) is 3.51. The third-order valence-corrected chi connectivity index (χ3v) is 4.78. The van der Waals surface area contributed by atoms with Gasteiger partial charge in [0, 0.05) is 30.2 Å². The van der Waals surface area contributed by atoms with Crippen LogP contribution in [0.1, 0.15) is 17.7 Å². The van der Waals surface area contributed by atoms with E-state index < -0.39 is 0 Å². The number of aromatic nitrogens is 1. The Balaban J connectivity index is 1.69. The van der Waals surface area contributed by atoms with Gasteiger partial charge in [0.1, 0.15) is 0 Å². The minimum Gasteiger partial charge on any atom is -0.315 e. The predicted molar refractivity (Wildman–Crippen MR) is 66.9 cm³/mol. The van der Waals surface area contributed by atoms with Crippen LogP contribution in [0.4, 0.5) is 0 Å². The maximum absolute atomic E-state index is 5.87. The van der Waals surface area contributed by atoms with Gasteiger partial charge < -0.3 is 5.32 Å². The van der Waals surface area contributed by atoms with Gasteiger partial charge in [-0.1, -0.05) is 11.6 Å². The summed E-state index contributed by atoms with van der Waals surface area (Å²) in [5.74, 6) is 0.858. The fourth-order valence-corrected chi connectivity index (χ4v) is 3.92. The largest absolute Gasteiger partial charge is 0.315 e. The Labute approximate surface area is 105 Å². The minimum atomic E-state index is 0.660. The zero-order chi connectivity index (χ0) is 11.0. The van der Waals surface area contributed by atoms with E-state index in [1.807, 2.05) is 6.20 Å². The average Bonchev–Trinajstić information content (AvgIpc) is 2.87. The molecule has 0 saturated carbocycles. The number of thiazole rings is 1. The number of nitrogens with zero attached hydrogens (tertiary/aromatic N) is 2. The van der Waals surface area contributed by atoms with Crippen LogP contribution in [-0.2, 0) is 6.54 Å². The third-order valence-electron chi connectivity index (χ3n) is 3.68. The van der Waals surface area contributed by atoms with Crippen molar-refractivity contribution in [2.45, 2.75) is 25.4 Å². The molecule has 0 spiro atoms. The van der Waals surface area contributed by atoms with E-state index in [0.29, 0.717) is 4.47 Å². The Morgan fingerprint density at radius 3 is 3.31 bits per heavy atom. The van der Waals surface area contributed by atoms with Crippen LogP contribution >= 0.6 is 22.9 Å². The Hall–Kier alpha value is -0.160. The number of fused-ring (bicyclic) bond motifs is 1. The van der Waals surface area contributed by atoms with Gasteiger partial charge in [0.2, 0.25) is 0 Å². The van der Waals surface area contributed by atoms with E-state index in [9.17, 15) is 0 Å². The molecule has 0 bridgehead atoms. The first-order chi connectivity index (χ1) is 7.83. The van der Waals surface area contributed by atoms with Crippen molar-refractivity contribution in [1.82, 2.24) is 15.2 Å². The van der Waals surface area contributed by atoms with Crippen molar-refractivity contribution in [1.29, 1.82) is 0 Å². The van der Waals surface area contributed by atoms with Crippen LogP contribution in [-0.4, -0.2) is 35.6 Å². The molecule has 1 N–H and O–H groups in total. The monoisotopic (exact) mass is 257 g/mol. The molecule has 3 heterocycles. The second kappa shape index (κ2) is 4.61. The van der Waals surface area contributed by atoms with Crippen LogP contribution in [0.3, 0.4) is 0 Å². The smallest absolute Gasteiger partial charge is 0.183 e. The number of hydrogen-bond donors (Lipinski definition) is 1. The SMILES string of the molecule is Clc1ncc(CN2CCCC3CNCC32)s1. The molecular formula is C11H16ClN3S. The summed E-state index contributed by atoms with van der Waals surface area (Å²) in [6, 6.07) is 0.731. The molecule has 0 radical (unpaired) electrons. The molecule has 1 aromatic rings. The van der Waals surface area contributed by atoms with Crippen LogP contribution in [0.25, 0.3) is 0 Å². The normalized spacial score (nSPS) is 30.6. The molecular weight excluding hydrogens is 242 g/mol. The van der Waals surface area contributed by atoms with Crippen molar-refractivity contribution in [2.24, 2.45) is 5.92 Å². The van der Waals surface area contributed by atoms with E-state index in [4.69, 9.17) is 11.6 Å². The molecule has 2 unspecified atom stereocenters. The van der Waals surface area contributed by atoms with E-state index in [2.05, 4.69) is 15.2 Å². The molecule has 16 heavy (non-hydrogen) atoms. The number of likely N-dealkylation sites (tertiary alicyclic amines) is 1. The highest BCUT2D eigenvalue weighted by atomic mass is 35.5. The molecule has 1 aromatic heterocycles. The van der Waals surface area contributed by atoms with Gasteiger partial charge in [-0.15, -0.1) is 11.3 Å². The Morgan fingerprint density at radius 2 is 2.50 bits per heavy atom. The van der Waals surface area contributed by atoms with Crippen molar-refractivity contribution >= 4 is 22.9 Å². The van der Waals surface area contributed by atoms with Gasteiger partial charge in [-0.05, 0) is 31.8 Å². The highest BCUT2D eigenvalue weighted by Gasteiger charge is 2.34. The summed E-state index contributed by atoms with van der Waals surface area (Å²) in [6.45, 7) is 4.59. The Morgan fingerprint density at radius 1 is 1.56 bits per heavy atom. The fourth-order valence-electron chi connectivity index (χ4n) is 2.92. The predicted octanol–water partition coefficient (Wildman–Crippen LogP) is 1.98. The molecule has 2 aliphatic rings. The summed E-state index contributed by atoms with van der Waals surface area (Å²) >= 11 is 7.47. The molecule has 2 aliphatic heterocycles. The average molecular weight is 258 g/mol. The molecule has 3 nitrogen and oxygen atoms in total. The summed E-state index contributed by atoms with van der Waals surface area (Å²) in [4.78, 5) is 7.99. The lowest BCUT2D eigenvalue weighted by molar-refractivity contribution is 0.118. The van der Waals surface area contributed by atoms with Crippen LogP contribution in [0.2, 0.25) is 4.47 Å². The van der Waals surface area contributed by atoms with Crippen LogP contribution in [0.5, 0.6) is 0 Å². The van der Waals surface area contributed by atoms with Crippen LogP contribution in [0.15, 0.2) is 6.20 Å². The van der Waals surface area contributed by atoms with E-state index >= 15 is 0 Å². The maximum Gasteiger partial charge on any atom is 0.183 e. The molecule has 2 saturated heterocycles. The minimum absolute atomic E-state index is 0.660. The summed E-state index contributed by atoms with van der Waals surface area (Å²) in [7, 11) is 0. The van der Waals surface area contributed by atoms with Crippen LogP contribution in [0, 0.1) is 5.92 Å². The van der Waals surface area contributed by atoms with Crippen molar-refractivity contribution in [2.75, 3.05) is 19.6 Å². The molecule has 88 valence electrons. The lowest BCUT2D eigenvalue weighted by Crippen LogP contribution is -2.44. The number of rotatable bonds is 2. The first kappa shape index (κ1) is 11.0. The lowest BCUT2D eigenvalue weighted by Gasteiger charge is -2.36. The second-order valence-corrected chi connectivity index (χ2v) is 6.38. The molecule has 3 rings (SSSR count). The van der Waals surface area contributed by atoms with Crippen LogP contribution < -0.4 is 5.32 Å². The summed E-state index contributed by atoms with van der Waals surface area (Å²) in [6.07, 6.45) is 4.63. The fraction of sp³-hybridized carbons (Fsp3) is 0.727. The molecule has 2 atom stereocenters. The van der Waals surface area contributed by atoms with Gasteiger partial charge in [-0.2, -0.15) is 0 Å². The number of piperidine rings is 1. The highest BCUT2D eigenvalue weighted by molar-refractivity contribution is 7.15. The highest BCUT2D eigenvalue weighted by Crippen LogP contribution is 2.29. The van der Waals surface area contributed by atoms with Crippen molar-refractivity contribution < 1.29 is 0 Å². The summed E-state index contributed by atoms with van der Waals surface area (Å²) in [5.41, 5.74) is 0. The zero-order valence-corrected chi connectivity index (χ0v) is 10.7. The van der Waals surface area contributed by atoms with Gasteiger partial charge in [0.15, 0.2) is 4.47 Å². The number of nitrogens with one attached hydrogen (secondary N) is 1. The second-order valence-electron chi connectivity index (χ2n) is 4.68. The number of hydrogen-bond acceptors (Lipinski definition) is 4. The van der Waals surface area contributed by atoms with E-state index in [1.165, 1.54) is 30.8 Å². The molecule has 5 heteroatoms. The molecule has 2 fully saturated rings. The summed E-state index contributed by atoms with van der Waals surface area (Å²) < 4.78 is 0.660. The van der Waals surface area contributed by atoms with Gasteiger partial charge in [0.05, 0.1) is 0 Å². The van der Waals surface area contributed by atoms with E-state index in [-0.39, 0.29) is 0 Å². The first-order valence-electron chi connectivity index (χ1n) is 5.88. The first-order valence-corrected chi connectivity index (χ1v) is 7.07. The molecule has 0 aromatic carbocycles. The van der Waals surface area contributed by atoms with Gasteiger partial charge in [-0.3, -0.25) is 4.90 Å². The standard InChI is InChI=1S/C11H16ClN3S/c12-11-14-5-9(16-11)7-15-3-1-2-8-4-13-6-10(8)15/h5,8,10,13H,1-4,6-7H2. The Bertz CT molecular complexity index is 368. The van der Waals surface area contributed by atoms with E-state index in [0.717, 1.165) is 25.0 Å². The topological polar surface area (TPSA) is 28.2 Å². The van der Waals surface area contributed by atoms with Gasteiger partial charge in [0.25, 0.3) is 0 Å².